The summed E-state index contributed by atoms with van der Waals surface area (Å²) in [5.41, 5.74) is 0.257. The molecule has 24 heavy (non-hydrogen) atoms. The second-order valence-corrected chi connectivity index (χ2v) is 6.69. The number of nitrogens with zero attached hydrogens (tertiary/aromatic N) is 2. The summed E-state index contributed by atoms with van der Waals surface area (Å²) in [6.45, 7) is 9.13. The first-order valence-electron chi connectivity index (χ1n) is 7.52. The molecule has 0 spiro atoms. The number of ether oxygens (including phenoxy) is 1. The summed E-state index contributed by atoms with van der Waals surface area (Å²) < 4.78 is 10.3. The fourth-order valence-corrected chi connectivity index (χ4v) is 2.45. The van der Waals surface area contributed by atoms with Gasteiger partial charge in [-0.05, 0) is 26.0 Å². The third-order valence-corrected chi connectivity index (χ3v) is 3.58. The van der Waals surface area contributed by atoms with E-state index >= 15 is 0 Å². The molecule has 0 atom stereocenters. The van der Waals surface area contributed by atoms with Crippen LogP contribution in [0.4, 0.5) is 0 Å². The molecule has 128 valence electrons. The first kappa shape index (κ1) is 18.1. The van der Waals surface area contributed by atoms with Gasteiger partial charge < -0.3 is 9.26 Å². The summed E-state index contributed by atoms with van der Waals surface area (Å²) in [6, 6.07) is 3.09. The van der Waals surface area contributed by atoms with Gasteiger partial charge in [-0.3, -0.25) is 4.79 Å². The van der Waals surface area contributed by atoms with Gasteiger partial charge in [-0.25, -0.2) is 9.78 Å². The van der Waals surface area contributed by atoms with Gasteiger partial charge in [0.25, 0.3) is 0 Å². The van der Waals surface area contributed by atoms with Crippen LogP contribution in [0.3, 0.4) is 0 Å². The molecule has 0 amide bonds. The van der Waals surface area contributed by atoms with Crippen LogP contribution in [0.15, 0.2) is 16.7 Å². The van der Waals surface area contributed by atoms with Gasteiger partial charge in [0.1, 0.15) is 10.7 Å². The van der Waals surface area contributed by atoms with Crippen LogP contribution in [-0.2, 0) is 10.2 Å². The Morgan fingerprint density at radius 3 is 2.50 bits per heavy atom. The van der Waals surface area contributed by atoms with Crippen LogP contribution in [0.2, 0.25) is 5.15 Å². The first-order valence-corrected chi connectivity index (χ1v) is 7.89. The smallest absolute Gasteiger partial charge is 0.361 e. The summed E-state index contributed by atoms with van der Waals surface area (Å²) in [5, 5.41) is 4.07. The Labute approximate surface area is 145 Å². The molecule has 0 aromatic carbocycles. The van der Waals surface area contributed by atoms with E-state index in [2.05, 4.69) is 10.1 Å². The van der Waals surface area contributed by atoms with Crippen molar-refractivity contribution < 1.29 is 18.8 Å². The standard InChI is InChI=1S/C17H19ClN2O4/c1-6-23-16(22)13-12(15(24-20-13)17(3,4)5)14(21)10-7-8-11(18)19-9(10)2/h7-8H,6H2,1-5H3. The third kappa shape index (κ3) is 3.48. The Morgan fingerprint density at radius 2 is 1.96 bits per heavy atom. The maximum Gasteiger partial charge on any atom is 0.361 e. The Bertz CT molecular complexity index is 790. The van der Waals surface area contributed by atoms with E-state index in [0.717, 1.165) is 0 Å². The minimum absolute atomic E-state index is 0.105. The van der Waals surface area contributed by atoms with Crippen LogP contribution in [0, 0.1) is 6.92 Å². The van der Waals surface area contributed by atoms with Gasteiger partial charge in [0, 0.05) is 11.0 Å². The zero-order valence-electron chi connectivity index (χ0n) is 14.3. The predicted molar refractivity (Wildman–Crippen MR) is 88.6 cm³/mol. The van der Waals surface area contributed by atoms with Gasteiger partial charge in [-0.1, -0.05) is 37.5 Å². The summed E-state index contributed by atoms with van der Waals surface area (Å²) >= 11 is 5.85. The molecule has 2 rings (SSSR count). The Morgan fingerprint density at radius 1 is 1.29 bits per heavy atom. The number of aryl methyl sites for hydroxylation is 1. The van der Waals surface area contributed by atoms with Crippen molar-refractivity contribution in [2.75, 3.05) is 6.61 Å². The molecule has 0 fully saturated rings. The van der Waals surface area contributed by atoms with E-state index in [-0.39, 0.29) is 23.0 Å². The second-order valence-electron chi connectivity index (χ2n) is 6.30. The predicted octanol–water partition coefficient (Wildman–Crippen LogP) is 3.74. The van der Waals surface area contributed by atoms with E-state index in [1.807, 2.05) is 20.8 Å². The van der Waals surface area contributed by atoms with Crippen LogP contribution in [-0.4, -0.2) is 28.5 Å². The molecule has 0 aliphatic carbocycles. The molecule has 2 heterocycles. The first-order chi connectivity index (χ1) is 11.2. The third-order valence-electron chi connectivity index (χ3n) is 3.37. The number of aromatic nitrogens is 2. The lowest BCUT2D eigenvalue weighted by Gasteiger charge is -2.16. The van der Waals surface area contributed by atoms with E-state index < -0.39 is 17.2 Å². The highest BCUT2D eigenvalue weighted by Gasteiger charge is 2.35. The van der Waals surface area contributed by atoms with Crippen molar-refractivity contribution in [3.8, 4) is 0 Å². The van der Waals surface area contributed by atoms with E-state index in [0.29, 0.717) is 17.0 Å². The molecular weight excluding hydrogens is 332 g/mol. The van der Waals surface area contributed by atoms with Gasteiger partial charge in [-0.15, -0.1) is 0 Å². The fraction of sp³-hybridized carbons (Fsp3) is 0.412. The largest absolute Gasteiger partial charge is 0.461 e. The van der Waals surface area contributed by atoms with E-state index in [4.69, 9.17) is 20.9 Å². The second kappa shape index (κ2) is 6.73. The van der Waals surface area contributed by atoms with E-state index in [9.17, 15) is 9.59 Å². The highest BCUT2D eigenvalue weighted by atomic mass is 35.5. The van der Waals surface area contributed by atoms with Crippen LogP contribution < -0.4 is 0 Å². The zero-order chi connectivity index (χ0) is 18.1. The van der Waals surface area contributed by atoms with Gasteiger partial charge in [0.15, 0.2) is 5.76 Å². The molecule has 0 bridgehead atoms. The molecule has 0 aliphatic rings. The summed E-state index contributed by atoms with van der Waals surface area (Å²) in [6.07, 6.45) is 0. The summed E-state index contributed by atoms with van der Waals surface area (Å²) in [5.74, 6) is -0.768. The molecule has 0 N–H and O–H groups in total. The number of carbonyl (C=O) groups is 2. The van der Waals surface area contributed by atoms with Crippen LogP contribution >= 0.6 is 11.6 Å². The zero-order valence-corrected chi connectivity index (χ0v) is 15.0. The van der Waals surface area contributed by atoms with Crippen molar-refractivity contribution in [2.24, 2.45) is 0 Å². The molecule has 2 aromatic rings. The molecule has 0 saturated heterocycles. The highest BCUT2D eigenvalue weighted by molar-refractivity contribution is 6.29. The minimum atomic E-state index is -0.695. The van der Waals surface area contributed by atoms with E-state index in [1.54, 1.807) is 19.9 Å². The molecule has 0 unspecified atom stereocenters. The quantitative estimate of drug-likeness (QED) is 0.474. The normalized spacial score (nSPS) is 11.4. The average molecular weight is 351 g/mol. The van der Waals surface area contributed by atoms with Crippen molar-refractivity contribution in [1.29, 1.82) is 0 Å². The number of esters is 1. The number of pyridine rings is 1. The monoisotopic (exact) mass is 350 g/mol. The number of carbonyl (C=O) groups excluding carboxylic acids is 2. The minimum Gasteiger partial charge on any atom is -0.461 e. The van der Waals surface area contributed by atoms with Crippen molar-refractivity contribution >= 4 is 23.4 Å². The Balaban J connectivity index is 2.63. The topological polar surface area (TPSA) is 82.3 Å². The summed E-state index contributed by atoms with van der Waals surface area (Å²) in [4.78, 5) is 29.3. The fourth-order valence-electron chi connectivity index (χ4n) is 2.26. The van der Waals surface area contributed by atoms with E-state index in [1.165, 1.54) is 6.07 Å². The number of hydrogen-bond acceptors (Lipinski definition) is 6. The molecule has 2 aromatic heterocycles. The van der Waals surface area contributed by atoms with Crippen molar-refractivity contribution in [3.05, 3.63) is 45.6 Å². The number of ketones is 1. The van der Waals surface area contributed by atoms with Crippen LogP contribution in [0.25, 0.3) is 0 Å². The molecular formula is C17H19ClN2O4. The van der Waals surface area contributed by atoms with Crippen molar-refractivity contribution in [1.82, 2.24) is 10.1 Å². The SMILES string of the molecule is CCOC(=O)c1noc(C(C)(C)C)c1C(=O)c1ccc(Cl)nc1C. The lowest BCUT2D eigenvalue weighted by Crippen LogP contribution is -2.19. The van der Waals surface area contributed by atoms with Crippen LogP contribution in [0.5, 0.6) is 0 Å². The molecule has 0 radical (unpaired) electrons. The number of rotatable bonds is 4. The van der Waals surface area contributed by atoms with Gasteiger partial charge in [0.2, 0.25) is 11.5 Å². The van der Waals surface area contributed by atoms with Gasteiger partial charge in [-0.2, -0.15) is 0 Å². The molecule has 7 heteroatoms. The summed E-state index contributed by atoms with van der Waals surface area (Å²) in [7, 11) is 0. The molecule has 0 saturated carbocycles. The van der Waals surface area contributed by atoms with Gasteiger partial charge >= 0.3 is 5.97 Å². The molecule has 0 aliphatic heterocycles. The highest BCUT2D eigenvalue weighted by Crippen LogP contribution is 2.31. The number of halogens is 1. The maximum atomic E-state index is 13.0. The lowest BCUT2D eigenvalue weighted by molar-refractivity contribution is 0.0512. The van der Waals surface area contributed by atoms with Crippen molar-refractivity contribution in [2.45, 2.75) is 40.0 Å². The van der Waals surface area contributed by atoms with Crippen LogP contribution in [0.1, 0.15) is 65.6 Å². The van der Waals surface area contributed by atoms with Gasteiger partial charge in [0.05, 0.1) is 12.3 Å². The number of hydrogen-bond donors (Lipinski definition) is 0. The lowest BCUT2D eigenvalue weighted by atomic mass is 9.87. The molecule has 6 nitrogen and oxygen atoms in total. The van der Waals surface area contributed by atoms with Crippen molar-refractivity contribution in [3.63, 3.8) is 0 Å². The maximum absolute atomic E-state index is 13.0. The average Bonchev–Trinajstić information content (AvgIpc) is 2.91. The Hall–Kier alpha value is -2.21. The Kier molecular flexibility index (Phi) is 5.08.